The Bertz CT molecular complexity index is 1630. The second-order valence-electron chi connectivity index (χ2n) is 19.8. The molecule has 1 fully saturated rings. The van der Waals surface area contributed by atoms with Crippen LogP contribution in [-0.2, 0) is 37.3 Å². The van der Waals surface area contributed by atoms with E-state index in [0.717, 1.165) is 87.0 Å². The van der Waals surface area contributed by atoms with E-state index in [4.69, 9.17) is 9.47 Å². The van der Waals surface area contributed by atoms with Crippen molar-refractivity contribution in [3.05, 3.63) is 70.8 Å². The lowest BCUT2D eigenvalue weighted by Gasteiger charge is -2.41. The van der Waals surface area contributed by atoms with Crippen molar-refractivity contribution in [1.82, 2.24) is 10.6 Å². The van der Waals surface area contributed by atoms with Gasteiger partial charge >= 0.3 is 0 Å². The van der Waals surface area contributed by atoms with Crippen molar-refractivity contribution < 1.29 is 53.4 Å². The first-order valence-corrected chi connectivity index (χ1v) is 25.4. The molecule has 1 saturated heterocycles. The predicted octanol–water partition coefficient (Wildman–Crippen LogP) is 8.80. The van der Waals surface area contributed by atoms with E-state index in [-0.39, 0.29) is 43.2 Å². The molecule has 2 aromatic carbocycles. The minimum atomic E-state index is -1.67. The molecule has 0 spiro atoms. The van der Waals surface area contributed by atoms with E-state index in [1.165, 1.54) is 57.4 Å². The van der Waals surface area contributed by atoms with Gasteiger partial charge in [-0.15, -0.1) is 0 Å². The van der Waals surface area contributed by atoms with E-state index in [1.807, 2.05) is 24.3 Å². The molecule has 1 aliphatic heterocycles. The Morgan fingerprint density at radius 3 is 1.80 bits per heavy atom. The normalized spacial score (nSPS) is 20.2. The average Bonchev–Trinajstić information content (AvgIpc) is 3.28. The van der Waals surface area contributed by atoms with Crippen molar-refractivity contribution >= 4 is 11.8 Å². The van der Waals surface area contributed by atoms with Gasteiger partial charge in [0.25, 0.3) is 0 Å². The van der Waals surface area contributed by atoms with E-state index in [1.54, 1.807) is 6.07 Å². The zero-order valence-corrected chi connectivity index (χ0v) is 40.7. The summed E-state index contributed by atoms with van der Waals surface area (Å²) in [6.07, 6.45) is 12.6. The van der Waals surface area contributed by atoms with Crippen LogP contribution in [0.4, 0.5) is 8.78 Å². The van der Waals surface area contributed by atoms with E-state index in [9.17, 15) is 43.9 Å². The molecule has 13 heteroatoms. The van der Waals surface area contributed by atoms with E-state index in [2.05, 4.69) is 38.3 Å². The lowest BCUT2D eigenvalue weighted by atomic mass is 9.86. The number of carbonyl (C=O) groups is 2. The summed E-state index contributed by atoms with van der Waals surface area (Å²) in [5.74, 6) is -2.30. The van der Waals surface area contributed by atoms with E-state index >= 15 is 0 Å². The van der Waals surface area contributed by atoms with Gasteiger partial charge < -0.3 is 45.6 Å². The first-order chi connectivity index (χ1) is 31.6. The number of halogens is 2. The first kappa shape index (κ1) is 57.3. The maximum atomic E-state index is 13.5. The topological polar surface area (TPSA) is 178 Å². The summed E-state index contributed by atoms with van der Waals surface area (Å²) < 4.78 is 38.4. The van der Waals surface area contributed by atoms with Gasteiger partial charge in [0.05, 0.1) is 25.2 Å². The number of aryl methyl sites for hydroxylation is 1. The molecule has 1 aliphatic rings. The summed E-state index contributed by atoms with van der Waals surface area (Å²) in [6.45, 7) is 8.01. The Balaban J connectivity index is 1.47. The smallest absolute Gasteiger partial charge is 0.224 e. The second-order valence-corrected chi connectivity index (χ2v) is 19.8. The van der Waals surface area contributed by atoms with Crippen molar-refractivity contribution in [3.63, 3.8) is 0 Å². The number of aliphatic hydroxyl groups is 5. The van der Waals surface area contributed by atoms with Crippen LogP contribution >= 0.6 is 0 Å². The van der Waals surface area contributed by atoms with Crippen LogP contribution in [0.5, 0.6) is 0 Å². The van der Waals surface area contributed by atoms with Crippen LogP contribution in [0.15, 0.2) is 42.5 Å². The Kier molecular flexibility index (Phi) is 27.7. The fourth-order valence-corrected chi connectivity index (χ4v) is 8.51. The van der Waals surface area contributed by atoms with Gasteiger partial charge in [0.1, 0.15) is 30.5 Å². The van der Waals surface area contributed by atoms with E-state index in [0.29, 0.717) is 25.7 Å². The van der Waals surface area contributed by atoms with Crippen molar-refractivity contribution in [2.24, 2.45) is 0 Å². The standard InChI is InChI=1S/C53H86F2N2O9/c1-5-6-7-8-9-10-11-12-13-17-20-23-26-44(58)48(61)43(57-46(59)27-24-21-18-15-14-16-19-22-25-38-30-33-41(54)42(55)34-38)37-65-52-51(64)50(63)49(62)45(66-52)36-56-47(60)35-39-28-31-40(32-29-39)53(2,3)4/h28-34,43-45,48-52,58,61-64H,5-27,35-37H2,1-4H3,(H,56,60)(H,57,59)/t43-,44+,45?,48-,49-,50-,51?,52-/m0/s1. The van der Waals surface area contributed by atoms with Crippen LogP contribution < -0.4 is 10.6 Å². The molecule has 8 atom stereocenters. The van der Waals surface area contributed by atoms with Crippen molar-refractivity contribution in [2.75, 3.05) is 13.2 Å². The molecular weight excluding hydrogens is 847 g/mol. The molecule has 11 nitrogen and oxygen atoms in total. The number of unbranched alkanes of at least 4 members (excludes halogenated alkanes) is 18. The minimum Gasteiger partial charge on any atom is -0.390 e. The molecule has 2 aromatic rings. The number of ether oxygens (including phenoxy) is 2. The third-order valence-corrected chi connectivity index (χ3v) is 12.9. The lowest BCUT2D eigenvalue weighted by molar-refractivity contribution is -0.297. The second kappa shape index (κ2) is 31.9. The molecule has 3 rings (SSSR count). The predicted molar refractivity (Wildman–Crippen MR) is 256 cm³/mol. The highest BCUT2D eigenvalue weighted by molar-refractivity contribution is 5.78. The zero-order chi connectivity index (χ0) is 48.3. The molecule has 2 amide bonds. The van der Waals surface area contributed by atoms with Crippen molar-refractivity contribution in [2.45, 2.75) is 236 Å². The quantitative estimate of drug-likeness (QED) is 0.0338. The average molecular weight is 933 g/mol. The minimum absolute atomic E-state index is 0.0292. The Morgan fingerprint density at radius 2 is 1.23 bits per heavy atom. The van der Waals surface area contributed by atoms with Gasteiger partial charge in [-0.25, -0.2) is 8.78 Å². The van der Waals surface area contributed by atoms with Gasteiger partial charge in [-0.05, 0) is 59.9 Å². The van der Waals surface area contributed by atoms with Crippen LogP contribution in [0.1, 0.15) is 186 Å². The highest BCUT2D eigenvalue weighted by atomic mass is 19.2. The summed E-state index contributed by atoms with van der Waals surface area (Å²) in [5.41, 5.74) is 2.71. The van der Waals surface area contributed by atoms with Gasteiger partial charge in [-0.2, -0.15) is 0 Å². The zero-order valence-electron chi connectivity index (χ0n) is 40.7. The number of nitrogens with one attached hydrogen (secondary N) is 2. The summed E-state index contributed by atoms with van der Waals surface area (Å²) >= 11 is 0. The number of amides is 2. The third kappa shape index (κ3) is 22.4. The lowest BCUT2D eigenvalue weighted by Crippen LogP contribution is -2.61. The van der Waals surface area contributed by atoms with Crippen molar-refractivity contribution in [3.8, 4) is 0 Å². The Labute approximate surface area is 394 Å². The first-order valence-electron chi connectivity index (χ1n) is 25.4. The van der Waals surface area contributed by atoms with Gasteiger partial charge in [0, 0.05) is 13.0 Å². The molecule has 0 saturated carbocycles. The van der Waals surface area contributed by atoms with Crippen LogP contribution in [-0.4, -0.2) is 99.5 Å². The monoisotopic (exact) mass is 933 g/mol. The summed E-state index contributed by atoms with van der Waals surface area (Å²) in [7, 11) is 0. The van der Waals surface area contributed by atoms with Crippen LogP contribution in [0, 0.1) is 11.6 Å². The summed E-state index contributed by atoms with van der Waals surface area (Å²) in [6, 6.07) is 10.7. The fourth-order valence-electron chi connectivity index (χ4n) is 8.51. The summed E-state index contributed by atoms with van der Waals surface area (Å²) in [5, 5.41) is 60.4. The van der Waals surface area contributed by atoms with Gasteiger partial charge in [-0.3, -0.25) is 9.59 Å². The molecule has 376 valence electrons. The number of rotatable bonds is 34. The van der Waals surface area contributed by atoms with Crippen LogP contribution in [0.2, 0.25) is 0 Å². The third-order valence-electron chi connectivity index (χ3n) is 12.9. The largest absolute Gasteiger partial charge is 0.390 e. The maximum Gasteiger partial charge on any atom is 0.224 e. The SMILES string of the molecule is CCCCCCCCCCCCCC[C@@H](O)[C@@H](O)[C@H](CO[C@H]1OC(CNC(=O)Cc2ccc(C(C)(C)C)cc2)[C@H](O)[C@H](O)C1O)NC(=O)CCCCCCCCCCc1ccc(F)c(F)c1. The highest BCUT2D eigenvalue weighted by Gasteiger charge is 2.45. The Morgan fingerprint density at radius 1 is 0.682 bits per heavy atom. The number of aliphatic hydroxyl groups excluding tert-OH is 5. The summed E-state index contributed by atoms with van der Waals surface area (Å²) in [4.78, 5) is 26.1. The van der Waals surface area contributed by atoms with E-state index < -0.39 is 60.6 Å². The molecule has 0 aromatic heterocycles. The molecule has 7 N–H and O–H groups in total. The molecule has 1 heterocycles. The number of benzene rings is 2. The van der Waals surface area contributed by atoms with Gasteiger partial charge in [-0.1, -0.05) is 174 Å². The molecule has 66 heavy (non-hydrogen) atoms. The van der Waals surface area contributed by atoms with Crippen LogP contribution in [0.25, 0.3) is 0 Å². The maximum absolute atomic E-state index is 13.5. The highest BCUT2D eigenvalue weighted by Crippen LogP contribution is 2.25. The van der Waals surface area contributed by atoms with Crippen LogP contribution in [0.3, 0.4) is 0 Å². The molecular formula is C53H86F2N2O9. The van der Waals surface area contributed by atoms with Crippen molar-refractivity contribution in [1.29, 1.82) is 0 Å². The number of hydrogen-bond acceptors (Lipinski definition) is 9. The Hall–Kier alpha value is -3.04. The number of carbonyl (C=O) groups excluding carboxylic acids is 2. The van der Waals surface area contributed by atoms with Gasteiger partial charge in [0.2, 0.25) is 11.8 Å². The molecule has 0 bridgehead atoms. The van der Waals surface area contributed by atoms with Gasteiger partial charge in [0.15, 0.2) is 17.9 Å². The molecule has 2 unspecified atom stereocenters. The number of hydrogen-bond donors (Lipinski definition) is 7. The molecule has 0 radical (unpaired) electrons. The molecule has 0 aliphatic carbocycles. The fraction of sp³-hybridized carbons (Fsp3) is 0.736.